The molecule has 2 aromatic rings. The molecule has 0 aliphatic carbocycles. The van der Waals surface area contributed by atoms with Crippen molar-refractivity contribution in [1.82, 2.24) is 4.90 Å². The van der Waals surface area contributed by atoms with Crippen molar-refractivity contribution in [2.24, 2.45) is 0 Å². The van der Waals surface area contributed by atoms with Gasteiger partial charge in [0.2, 0.25) is 0 Å². The van der Waals surface area contributed by atoms with E-state index in [1.807, 2.05) is 25.1 Å². The van der Waals surface area contributed by atoms with Gasteiger partial charge in [0.1, 0.15) is 0 Å². The number of aryl methyl sites for hydroxylation is 1. The summed E-state index contributed by atoms with van der Waals surface area (Å²) in [6, 6.07) is 10.5. The maximum absolute atomic E-state index is 12.9. The first kappa shape index (κ1) is 19.4. The quantitative estimate of drug-likeness (QED) is 0.772. The lowest BCUT2D eigenvalue weighted by atomic mass is 10.2. The summed E-state index contributed by atoms with van der Waals surface area (Å²) in [7, 11) is 0. The second-order valence-corrected chi connectivity index (χ2v) is 6.84. The highest BCUT2D eigenvalue weighted by molar-refractivity contribution is 6.33. The van der Waals surface area contributed by atoms with Crippen molar-refractivity contribution in [2.75, 3.05) is 36.4 Å². The largest absolute Gasteiger partial charge is 0.416 e. The SMILES string of the molecule is Cc1cccc(N2CCN(C(=O)Nc3cc(C(F)(F)F)ccc3Cl)CC2)c1. The van der Waals surface area contributed by atoms with Gasteiger partial charge in [0.25, 0.3) is 0 Å². The molecule has 8 heteroatoms. The molecule has 0 bridgehead atoms. The standard InChI is InChI=1S/C19H19ClF3N3O/c1-13-3-2-4-15(11-13)25-7-9-26(10-8-25)18(27)24-17-12-14(19(21,22)23)5-6-16(17)20/h2-6,11-12H,7-10H2,1H3,(H,24,27). The number of amides is 2. The van der Waals surface area contributed by atoms with E-state index >= 15 is 0 Å². The smallest absolute Gasteiger partial charge is 0.368 e. The minimum Gasteiger partial charge on any atom is -0.368 e. The van der Waals surface area contributed by atoms with E-state index in [9.17, 15) is 18.0 Å². The Balaban J connectivity index is 1.63. The fourth-order valence-electron chi connectivity index (χ4n) is 2.98. The Morgan fingerprint density at radius 2 is 1.78 bits per heavy atom. The summed E-state index contributed by atoms with van der Waals surface area (Å²) in [5, 5.41) is 2.56. The molecule has 2 aromatic carbocycles. The van der Waals surface area contributed by atoms with Crippen LogP contribution in [0.25, 0.3) is 0 Å². The number of nitrogens with zero attached hydrogens (tertiary/aromatic N) is 2. The molecule has 1 N–H and O–H groups in total. The van der Waals surface area contributed by atoms with E-state index in [-0.39, 0.29) is 10.7 Å². The molecule has 2 amide bonds. The monoisotopic (exact) mass is 397 g/mol. The Kier molecular flexibility index (Phi) is 5.51. The third-order valence-electron chi connectivity index (χ3n) is 4.47. The first-order chi connectivity index (χ1) is 12.7. The minimum absolute atomic E-state index is 0.0439. The third-order valence-corrected chi connectivity index (χ3v) is 4.80. The second kappa shape index (κ2) is 7.68. The van der Waals surface area contributed by atoms with Crippen LogP contribution in [-0.4, -0.2) is 37.1 Å². The highest BCUT2D eigenvalue weighted by atomic mass is 35.5. The number of nitrogens with one attached hydrogen (secondary N) is 1. The average molecular weight is 398 g/mol. The molecule has 0 saturated carbocycles. The van der Waals surface area contributed by atoms with Gasteiger partial charge in [-0.25, -0.2) is 4.79 Å². The number of carbonyl (C=O) groups is 1. The molecule has 1 aliphatic rings. The van der Waals surface area contributed by atoms with E-state index in [2.05, 4.69) is 16.3 Å². The van der Waals surface area contributed by atoms with E-state index in [0.29, 0.717) is 26.2 Å². The van der Waals surface area contributed by atoms with Gasteiger partial charge in [-0.15, -0.1) is 0 Å². The highest BCUT2D eigenvalue weighted by Crippen LogP contribution is 2.34. The Labute approximate surface area is 160 Å². The van der Waals surface area contributed by atoms with Gasteiger partial charge < -0.3 is 15.1 Å². The molecular formula is C19H19ClF3N3O. The fraction of sp³-hybridized carbons (Fsp3) is 0.316. The molecule has 144 valence electrons. The number of hydrogen-bond donors (Lipinski definition) is 1. The predicted octanol–water partition coefficient (Wildman–Crippen LogP) is 5.02. The van der Waals surface area contributed by atoms with Crippen molar-refractivity contribution in [1.29, 1.82) is 0 Å². The van der Waals surface area contributed by atoms with Crippen LogP contribution in [0.4, 0.5) is 29.3 Å². The fourth-order valence-corrected chi connectivity index (χ4v) is 3.15. The molecule has 1 aliphatic heterocycles. The molecule has 3 rings (SSSR count). The van der Waals surface area contributed by atoms with E-state index in [4.69, 9.17) is 11.6 Å². The van der Waals surface area contributed by atoms with Crippen LogP contribution < -0.4 is 10.2 Å². The lowest BCUT2D eigenvalue weighted by Crippen LogP contribution is -2.50. The minimum atomic E-state index is -4.50. The van der Waals surface area contributed by atoms with Gasteiger partial charge in [-0.05, 0) is 42.8 Å². The van der Waals surface area contributed by atoms with Crippen LogP contribution in [0.2, 0.25) is 5.02 Å². The van der Waals surface area contributed by atoms with Crippen molar-refractivity contribution in [3.8, 4) is 0 Å². The summed E-state index contributed by atoms with van der Waals surface area (Å²) >= 11 is 5.94. The van der Waals surface area contributed by atoms with Gasteiger partial charge in [0.15, 0.2) is 0 Å². The van der Waals surface area contributed by atoms with Crippen LogP contribution in [0.15, 0.2) is 42.5 Å². The van der Waals surface area contributed by atoms with Gasteiger partial charge in [0.05, 0.1) is 16.3 Å². The van der Waals surface area contributed by atoms with E-state index < -0.39 is 17.8 Å². The predicted molar refractivity (Wildman–Crippen MR) is 100 cm³/mol. The number of rotatable bonds is 2. The molecule has 0 spiro atoms. The summed E-state index contributed by atoms with van der Waals surface area (Å²) in [6.45, 7) is 4.25. The van der Waals surface area contributed by atoms with Crippen molar-refractivity contribution < 1.29 is 18.0 Å². The molecule has 0 unspecified atom stereocenters. The number of carbonyl (C=O) groups excluding carboxylic acids is 1. The maximum atomic E-state index is 12.9. The molecule has 0 aromatic heterocycles. The number of urea groups is 1. The molecule has 0 atom stereocenters. The topological polar surface area (TPSA) is 35.6 Å². The van der Waals surface area contributed by atoms with E-state index in [1.165, 1.54) is 0 Å². The molecule has 4 nitrogen and oxygen atoms in total. The second-order valence-electron chi connectivity index (χ2n) is 6.44. The summed E-state index contributed by atoms with van der Waals surface area (Å²) in [5.41, 5.74) is 1.35. The van der Waals surface area contributed by atoms with E-state index in [1.54, 1.807) is 4.90 Å². The van der Waals surface area contributed by atoms with Crippen molar-refractivity contribution in [3.05, 3.63) is 58.6 Å². The first-order valence-corrected chi connectivity index (χ1v) is 8.86. The zero-order chi connectivity index (χ0) is 19.6. The number of alkyl halides is 3. The van der Waals surface area contributed by atoms with Crippen LogP contribution in [0.1, 0.15) is 11.1 Å². The zero-order valence-corrected chi connectivity index (χ0v) is 15.4. The van der Waals surface area contributed by atoms with E-state index in [0.717, 1.165) is 29.4 Å². The Morgan fingerprint density at radius 1 is 1.07 bits per heavy atom. The molecule has 1 saturated heterocycles. The molecule has 0 radical (unpaired) electrons. The maximum Gasteiger partial charge on any atom is 0.416 e. The van der Waals surface area contributed by atoms with Crippen LogP contribution in [0.5, 0.6) is 0 Å². The number of halogens is 4. The number of anilines is 2. The number of hydrogen-bond acceptors (Lipinski definition) is 2. The number of piperazine rings is 1. The third kappa shape index (κ3) is 4.66. The summed E-state index contributed by atoms with van der Waals surface area (Å²) in [5.74, 6) is 0. The number of benzene rings is 2. The first-order valence-electron chi connectivity index (χ1n) is 8.48. The van der Waals surface area contributed by atoms with Gasteiger partial charge >= 0.3 is 12.2 Å². The lowest BCUT2D eigenvalue weighted by molar-refractivity contribution is -0.137. The molecule has 1 heterocycles. The van der Waals surface area contributed by atoms with Gasteiger partial charge in [-0.3, -0.25) is 0 Å². The van der Waals surface area contributed by atoms with Crippen LogP contribution in [0, 0.1) is 6.92 Å². The molecular weight excluding hydrogens is 379 g/mol. The van der Waals surface area contributed by atoms with Crippen molar-refractivity contribution in [2.45, 2.75) is 13.1 Å². The molecule has 27 heavy (non-hydrogen) atoms. The van der Waals surface area contributed by atoms with Gasteiger partial charge in [-0.2, -0.15) is 13.2 Å². The summed E-state index contributed by atoms with van der Waals surface area (Å²) in [6.07, 6.45) is -4.50. The summed E-state index contributed by atoms with van der Waals surface area (Å²) < 4.78 is 38.6. The Hall–Kier alpha value is -2.41. The normalized spacial score (nSPS) is 15.0. The van der Waals surface area contributed by atoms with Crippen molar-refractivity contribution >= 4 is 29.0 Å². The average Bonchev–Trinajstić information content (AvgIpc) is 2.62. The van der Waals surface area contributed by atoms with Crippen LogP contribution in [-0.2, 0) is 6.18 Å². The van der Waals surface area contributed by atoms with Gasteiger partial charge in [0, 0.05) is 31.9 Å². The van der Waals surface area contributed by atoms with Crippen LogP contribution in [0.3, 0.4) is 0 Å². The van der Waals surface area contributed by atoms with Crippen molar-refractivity contribution in [3.63, 3.8) is 0 Å². The summed E-state index contributed by atoms with van der Waals surface area (Å²) in [4.78, 5) is 16.2. The zero-order valence-electron chi connectivity index (χ0n) is 14.7. The van der Waals surface area contributed by atoms with Crippen LogP contribution >= 0.6 is 11.6 Å². The Bertz CT molecular complexity index is 833. The molecule has 1 fully saturated rings. The Morgan fingerprint density at radius 3 is 2.41 bits per heavy atom. The highest BCUT2D eigenvalue weighted by Gasteiger charge is 2.31. The lowest BCUT2D eigenvalue weighted by Gasteiger charge is -2.36. The van der Waals surface area contributed by atoms with Gasteiger partial charge in [-0.1, -0.05) is 23.7 Å².